The van der Waals surface area contributed by atoms with E-state index in [9.17, 15) is 8.42 Å². The zero-order chi connectivity index (χ0) is 12.2. The standard InChI is InChI=1S/C11H22N2O2S/c1-10(2)12-6-9-16(14,15)13-7-4-11(3)5-8-13/h4,10,12H,5-9H2,1-3H3. The fraction of sp³-hybridized carbons (Fsp3) is 0.818. The molecule has 1 rings (SSSR count). The molecule has 94 valence electrons. The van der Waals surface area contributed by atoms with E-state index in [2.05, 4.69) is 5.32 Å². The number of sulfonamides is 1. The number of nitrogens with zero attached hydrogens (tertiary/aromatic N) is 1. The molecule has 0 unspecified atom stereocenters. The summed E-state index contributed by atoms with van der Waals surface area (Å²) in [6.07, 6.45) is 2.85. The first kappa shape index (κ1) is 13.7. The highest BCUT2D eigenvalue weighted by Gasteiger charge is 2.22. The third-order valence-corrected chi connectivity index (χ3v) is 4.54. The third kappa shape index (κ3) is 4.23. The molecule has 0 spiro atoms. The average molecular weight is 246 g/mol. The quantitative estimate of drug-likeness (QED) is 0.735. The van der Waals surface area contributed by atoms with Gasteiger partial charge in [-0.3, -0.25) is 0 Å². The second kappa shape index (κ2) is 5.80. The molecule has 4 nitrogen and oxygen atoms in total. The van der Waals surface area contributed by atoms with Crippen molar-refractivity contribution >= 4 is 10.0 Å². The maximum atomic E-state index is 11.9. The van der Waals surface area contributed by atoms with Crippen LogP contribution < -0.4 is 5.32 Å². The normalized spacial score (nSPS) is 18.9. The molecule has 1 heterocycles. The maximum Gasteiger partial charge on any atom is 0.215 e. The molecule has 5 heteroatoms. The number of hydrogen-bond acceptors (Lipinski definition) is 3. The van der Waals surface area contributed by atoms with Crippen molar-refractivity contribution in [1.29, 1.82) is 0 Å². The largest absolute Gasteiger partial charge is 0.313 e. The molecule has 0 radical (unpaired) electrons. The zero-order valence-electron chi connectivity index (χ0n) is 10.4. The molecule has 0 bridgehead atoms. The predicted octanol–water partition coefficient (Wildman–Crippen LogP) is 0.966. The third-order valence-electron chi connectivity index (χ3n) is 2.70. The molecule has 0 amide bonds. The monoisotopic (exact) mass is 246 g/mol. The molecular weight excluding hydrogens is 224 g/mol. The van der Waals surface area contributed by atoms with Gasteiger partial charge in [0.05, 0.1) is 5.75 Å². The fourth-order valence-electron chi connectivity index (χ4n) is 1.61. The molecule has 0 saturated carbocycles. The van der Waals surface area contributed by atoms with Gasteiger partial charge in [-0.1, -0.05) is 25.5 Å². The second-order valence-corrected chi connectivity index (χ2v) is 6.67. The summed E-state index contributed by atoms with van der Waals surface area (Å²) in [6.45, 7) is 7.77. The Kier molecular flexibility index (Phi) is 4.95. The Morgan fingerprint density at radius 2 is 2.19 bits per heavy atom. The van der Waals surface area contributed by atoms with Gasteiger partial charge in [-0.05, 0) is 13.3 Å². The van der Waals surface area contributed by atoms with E-state index in [0.29, 0.717) is 25.7 Å². The summed E-state index contributed by atoms with van der Waals surface area (Å²) in [5, 5.41) is 3.13. The van der Waals surface area contributed by atoms with Gasteiger partial charge in [0.25, 0.3) is 0 Å². The van der Waals surface area contributed by atoms with Crippen LogP contribution in [0.2, 0.25) is 0 Å². The minimum absolute atomic E-state index is 0.193. The highest BCUT2D eigenvalue weighted by molar-refractivity contribution is 7.89. The highest BCUT2D eigenvalue weighted by Crippen LogP contribution is 2.13. The summed E-state index contributed by atoms with van der Waals surface area (Å²) >= 11 is 0. The minimum Gasteiger partial charge on any atom is -0.313 e. The zero-order valence-corrected chi connectivity index (χ0v) is 11.2. The van der Waals surface area contributed by atoms with Crippen molar-refractivity contribution in [2.45, 2.75) is 33.2 Å². The molecule has 0 aromatic carbocycles. The molecule has 1 aliphatic rings. The number of nitrogens with one attached hydrogen (secondary N) is 1. The lowest BCUT2D eigenvalue weighted by molar-refractivity contribution is 0.429. The van der Waals surface area contributed by atoms with Crippen molar-refractivity contribution in [3.05, 3.63) is 11.6 Å². The number of hydrogen-bond donors (Lipinski definition) is 1. The summed E-state index contributed by atoms with van der Waals surface area (Å²) in [6, 6.07) is 0.332. The molecule has 1 N–H and O–H groups in total. The van der Waals surface area contributed by atoms with Gasteiger partial charge in [0.15, 0.2) is 0 Å². The minimum atomic E-state index is -3.08. The van der Waals surface area contributed by atoms with Crippen LogP contribution in [0, 0.1) is 0 Å². The van der Waals surface area contributed by atoms with E-state index in [1.807, 2.05) is 26.8 Å². The van der Waals surface area contributed by atoms with E-state index in [-0.39, 0.29) is 5.75 Å². The van der Waals surface area contributed by atoms with Gasteiger partial charge in [0.2, 0.25) is 10.0 Å². The average Bonchev–Trinajstić information content (AvgIpc) is 2.17. The molecule has 0 atom stereocenters. The van der Waals surface area contributed by atoms with Crippen LogP contribution in [-0.2, 0) is 10.0 Å². The lowest BCUT2D eigenvalue weighted by atomic mass is 10.1. The van der Waals surface area contributed by atoms with Crippen LogP contribution in [0.3, 0.4) is 0 Å². The summed E-state index contributed by atoms with van der Waals surface area (Å²) < 4.78 is 25.4. The van der Waals surface area contributed by atoms with Crippen LogP contribution >= 0.6 is 0 Å². The SMILES string of the molecule is CC1=CCN(S(=O)(=O)CCNC(C)C)CC1. The van der Waals surface area contributed by atoms with Crippen LogP contribution in [0.5, 0.6) is 0 Å². The molecule has 0 saturated heterocycles. The van der Waals surface area contributed by atoms with Crippen molar-refractivity contribution in [3.63, 3.8) is 0 Å². The molecule has 0 fully saturated rings. The van der Waals surface area contributed by atoms with Crippen molar-refractivity contribution in [2.24, 2.45) is 0 Å². The number of rotatable bonds is 5. The van der Waals surface area contributed by atoms with Crippen molar-refractivity contribution in [1.82, 2.24) is 9.62 Å². The van der Waals surface area contributed by atoms with E-state index < -0.39 is 10.0 Å². The Balaban J connectivity index is 2.45. The fourth-order valence-corrected chi connectivity index (χ4v) is 2.92. The first-order chi connectivity index (χ1) is 7.42. The Morgan fingerprint density at radius 3 is 2.69 bits per heavy atom. The van der Waals surface area contributed by atoms with Crippen LogP contribution in [-0.4, -0.2) is 44.2 Å². The van der Waals surface area contributed by atoms with Gasteiger partial charge >= 0.3 is 0 Å². The molecule has 16 heavy (non-hydrogen) atoms. The van der Waals surface area contributed by atoms with E-state index >= 15 is 0 Å². The first-order valence-corrected chi connectivity index (χ1v) is 7.39. The van der Waals surface area contributed by atoms with Crippen LogP contribution in [0.1, 0.15) is 27.2 Å². The Morgan fingerprint density at radius 1 is 1.50 bits per heavy atom. The van der Waals surface area contributed by atoms with Crippen LogP contribution in [0.25, 0.3) is 0 Å². The van der Waals surface area contributed by atoms with E-state index in [1.165, 1.54) is 5.57 Å². The summed E-state index contributed by atoms with van der Waals surface area (Å²) in [5.41, 5.74) is 1.28. The van der Waals surface area contributed by atoms with Gasteiger partial charge in [0.1, 0.15) is 0 Å². The topological polar surface area (TPSA) is 49.4 Å². The van der Waals surface area contributed by atoms with E-state index in [1.54, 1.807) is 4.31 Å². The lowest BCUT2D eigenvalue weighted by Gasteiger charge is -2.25. The van der Waals surface area contributed by atoms with Crippen molar-refractivity contribution in [2.75, 3.05) is 25.4 Å². The van der Waals surface area contributed by atoms with Gasteiger partial charge in [0, 0.05) is 25.7 Å². The van der Waals surface area contributed by atoms with Gasteiger partial charge < -0.3 is 5.32 Å². The van der Waals surface area contributed by atoms with Gasteiger partial charge in [-0.25, -0.2) is 8.42 Å². The maximum absolute atomic E-state index is 11.9. The Labute approximate surface area is 98.8 Å². The van der Waals surface area contributed by atoms with Crippen molar-refractivity contribution < 1.29 is 8.42 Å². The van der Waals surface area contributed by atoms with Gasteiger partial charge in [-0.15, -0.1) is 0 Å². The molecule has 0 aromatic rings. The molecule has 0 aromatic heterocycles. The van der Waals surface area contributed by atoms with Crippen molar-refractivity contribution in [3.8, 4) is 0 Å². The van der Waals surface area contributed by atoms with Crippen LogP contribution in [0.4, 0.5) is 0 Å². The van der Waals surface area contributed by atoms with E-state index in [4.69, 9.17) is 0 Å². The molecule has 1 aliphatic heterocycles. The second-order valence-electron chi connectivity index (χ2n) is 4.58. The Bertz CT molecular complexity index is 347. The highest BCUT2D eigenvalue weighted by atomic mass is 32.2. The smallest absolute Gasteiger partial charge is 0.215 e. The predicted molar refractivity (Wildman–Crippen MR) is 66.9 cm³/mol. The Hall–Kier alpha value is -0.390. The van der Waals surface area contributed by atoms with E-state index in [0.717, 1.165) is 6.42 Å². The molecule has 0 aliphatic carbocycles. The summed E-state index contributed by atoms with van der Waals surface area (Å²) in [5.74, 6) is 0.193. The molecular formula is C11H22N2O2S. The summed E-state index contributed by atoms with van der Waals surface area (Å²) in [4.78, 5) is 0. The summed E-state index contributed by atoms with van der Waals surface area (Å²) in [7, 11) is -3.08. The van der Waals surface area contributed by atoms with Crippen LogP contribution in [0.15, 0.2) is 11.6 Å². The first-order valence-electron chi connectivity index (χ1n) is 5.78. The van der Waals surface area contributed by atoms with Gasteiger partial charge in [-0.2, -0.15) is 4.31 Å². The lowest BCUT2D eigenvalue weighted by Crippen LogP contribution is -2.39.